The van der Waals surface area contributed by atoms with Crippen LogP contribution in [0.2, 0.25) is 0 Å². The van der Waals surface area contributed by atoms with Crippen molar-refractivity contribution in [3.05, 3.63) is 34.4 Å². The van der Waals surface area contributed by atoms with Gasteiger partial charge >= 0.3 is 0 Å². The summed E-state index contributed by atoms with van der Waals surface area (Å²) in [7, 11) is 0. The van der Waals surface area contributed by atoms with Crippen LogP contribution >= 0.6 is 22.7 Å². The predicted octanol–water partition coefficient (Wildman–Crippen LogP) is 2.91. The van der Waals surface area contributed by atoms with E-state index in [1.807, 2.05) is 23.7 Å². The highest BCUT2D eigenvalue weighted by Crippen LogP contribution is 2.21. The predicted molar refractivity (Wildman–Crippen MR) is 76.0 cm³/mol. The van der Waals surface area contributed by atoms with E-state index in [2.05, 4.69) is 15.0 Å². The molecule has 0 unspecified atom stereocenters. The van der Waals surface area contributed by atoms with E-state index in [0.29, 0.717) is 5.13 Å². The number of pyridine rings is 1. The Bertz CT molecular complexity index is 626. The average Bonchev–Trinajstić information content (AvgIpc) is 2.95. The fourth-order valence-electron chi connectivity index (χ4n) is 1.78. The van der Waals surface area contributed by atoms with Crippen molar-refractivity contribution in [3.63, 3.8) is 0 Å². The molecule has 0 aromatic carbocycles. The molecule has 0 amide bonds. The molecule has 0 saturated carbocycles. The van der Waals surface area contributed by atoms with Crippen molar-refractivity contribution >= 4 is 38.2 Å². The van der Waals surface area contributed by atoms with Gasteiger partial charge in [-0.3, -0.25) is 0 Å². The highest BCUT2D eigenvalue weighted by molar-refractivity contribution is 7.18. The maximum atomic E-state index is 5.60. The van der Waals surface area contributed by atoms with Gasteiger partial charge in [-0.05, 0) is 31.4 Å². The van der Waals surface area contributed by atoms with E-state index in [9.17, 15) is 0 Å². The molecule has 0 saturated heterocycles. The Kier molecular flexibility index (Phi) is 3.21. The van der Waals surface area contributed by atoms with E-state index in [1.54, 1.807) is 11.3 Å². The molecule has 3 aromatic rings. The van der Waals surface area contributed by atoms with E-state index in [4.69, 9.17) is 5.73 Å². The van der Waals surface area contributed by atoms with Crippen LogP contribution in [0.1, 0.15) is 17.1 Å². The maximum Gasteiger partial charge on any atom is 0.180 e. The summed E-state index contributed by atoms with van der Waals surface area (Å²) in [4.78, 5) is 14.1. The Morgan fingerprint density at radius 2 is 2.17 bits per heavy atom. The molecule has 0 atom stereocenters. The van der Waals surface area contributed by atoms with Crippen molar-refractivity contribution in [2.45, 2.75) is 19.3 Å². The number of fused-ring (bicyclic) bond motifs is 1. The summed E-state index contributed by atoms with van der Waals surface area (Å²) in [6.45, 7) is 0. The van der Waals surface area contributed by atoms with Gasteiger partial charge in [-0.25, -0.2) is 15.0 Å². The van der Waals surface area contributed by atoms with Gasteiger partial charge in [-0.2, -0.15) is 0 Å². The highest BCUT2D eigenvalue weighted by Gasteiger charge is 2.05. The molecule has 3 heterocycles. The summed E-state index contributed by atoms with van der Waals surface area (Å²) in [6.07, 6.45) is 4.78. The molecule has 0 fully saturated rings. The monoisotopic (exact) mass is 276 g/mol. The number of nitrogens with two attached hydrogens (primary N) is 1. The largest absolute Gasteiger partial charge is 0.375 e. The molecular weight excluding hydrogens is 264 g/mol. The normalized spacial score (nSPS) is 11.1. The second-order valence-corrected chi connectivity index (χ2v) is 5.92. The van der Waals surface area contributed by atoms with Gasteiger partial charge in [0.2, 0.25) is 0 Å². The van der Waals surface area contributed by atoms with Crippen LogP contribution in [0.25, 0.3) is 10.3 Å². The van der Waals surface area contributed by atoms with Crippen LogP contribution in [0.5, 0.6) is 0 Å². The fraction of sp³-hybridized carbons (Fsp3) is 0.250. The zero-order chi connectivity index (χ0) is 12.4. The van der Waals surface area contributed by atoms with Gasteiger partial charge in [0.1, 0.15) is 10.3 Å². The van der Waals surface area contributed by atoms with Gasteiger partial charge in [0.05, 0.1) is 10.7 Å². The van der Waals surface area contributed by atoms with Crippen molar-refractivity contribution in [1.82, 2.24) is 15.0 Å². The van der Waals surface area contributed by atoms with Crippen molar-refractivity contribution in [3.8, 4) is 0 Å². The Labute approximate surface area is 113 Å². The third kappa shape index (κ3) is 2.49. The van der Waals surface area contributed by atoms with Crippen LogP contribution in [0, 0.1) is 0 Å². The minimum atomic E-state index is 0.647. The second kappa shape index (κ2) is 4.99. The van der Waals surface area contributed by atoms with Gasteiger partial charge in [-0.15, -0.1) is 11.3 Å². The zero-order valence-corrected chi connectivity index (χ0v) is 11.3. The average molecular weight is 276 g/mol. The molecule has 0 spiro atoms. The minimum absolute atomic E-state index is 0.647. The Morgan fingerprint density at radius 3 is 2.94 bits per heavy atom. The molecule has 6 heteroatoms. The third-order valence-corrected chi connectivity index (χ3v) is 4.37. The molecule has 0 bridgehead atoms. The van der Waals surface area contributed by atoms with Crippen LogP contribution in [0.4, 0.5) is 5.13 Å². The number of thiazole rings is 2. The Balaban J connectivity index is 1.62. The number of nitrogen functional groups attached to an aromatic ring is 1. The van der Waals surface area contributed by atoms with E-state index < -0.39 is 0 Å². The quantitative estimate of drug-likeness (QED) is 0.795. The Hall–Kier alpha value is -1.53. The van der Waals surface area contributed by atoms with Crippen molar-refractivity contribution in [2.75, 3.05) is 5.73 Å². The lowest BCUT2D eigenvalue weighted by Gasteiger charge is -1.94. The first-order chi connectivity index (χ1) is 8.81. The van der Waals surface area contributed by atoms with E-state index in [1.165, 1.54) is 11.3 Å². The van der Waals surface area contributed by atoms with Gasteiger partial charge in [-0.1, -0.05) is 11.3 Å². The lowest BCUT2D eigenvalue weighted by atomic mass is 10.2. The van der Waals surface area contributed by atoms with E-state index in [-0.39, 0.29) is 0 Å². The van der Waals surface area contributed by atoms with Gasteiger partial charge in [0, 0.05) is 11.6 Å². The summed E-state index contributed by atoms with van der Waals surface area (Å²) < 4.78 is 0. The summed E-state index contributed by atoms with van der Waals surface area (Å²) in [6, 6.07) is 3.92. The van der Waals surface area contributed by atoms with Crippen LogP contribution < -0.4 is 5.73 Å². The van der Waals surface area contributed by atoms with E-state index >= 15 is 0 Å². The molecule has 0 aliphatic rings. The molecular formula is C12H12N4S2. The van der Waals surface area contributed by atoms with Crippen molar-refractivity contribution in [2.24, 2.45) is 0 Å². The number of rotatable bonds is 4. The molecule has 2 N–H and O–H groups in total. The number of nitrogens with zero attached hydrogens (tertiary/aromatic N) is 3. The topological polar surface area (TPSA) is 64.7 Å². The van der Waals surface area contributed by atoms with Crippen LogP contribution in [0.3, 0.4) is 0 Å². The van der Waals surface area contributed by atoms with Crippen molar-refractivity contribution < 1.29 is 0 Å². The second-order valence-electron chi connectivity index (χ2n) is 3.97. The first-order valence-corrected chi connectivity index (χ1v) is 7.41. The standard InChI is InChI=1S/C12H12N4S2/c13-12-15-8(7-17-12)3-1-5-10-16-9-4-2-6-14-11(9)18-10/h2,4,6-7H,1,3,5H2,(H2,13,15). The first kappa shape index (κ1) is 11.6. The maximum absolute atomic E-state index is 5.60. The summed E-state index contributed by atoms with van der Waals surface area (Å²) in [5.74, 6) is 0. The number of hydrogen-bond donors (Lipinski definition) is 1. The zero-order valence-electron chi connectivity index (χ0n) is 9.67. The number of anilines is 1. The van der Waals surface area contributed by atoms with Crippen molar-refractivity contribution in [1.29, 1.82) is 0 Å². The molecule has 0 radical (unpaired) electrons. The molecule has 3 aromatic heterocycles. The molecule has 0 aliphatic heterocycles. The SMILES string of the molecule is Nc1nc(CCCc2nc3cccnc3s2)cs1. The summed E-state index contributed by atoms with van der Waals surface area (Å²) >= 11 is 3.17. The third-order valence-electron chi connectivity index (χ3n) is 2.60. The molecule has 3 rings (SSSR count). The highest BCUT2D eigenvalue weighted by atomic mass is 32.1. The molecule has 0 aliphatic carbocycles. The van der Waals surface area contributed by atoms with Crippen LogP contribution in [0.15, 0.2) is 23.7 Å². The van der Waals surface area contributed by atoms with Gasteiger partial charge in [0.25, 0.3) is 0 Å². The molecule has 92 valence electrons. The van der Waals surface area contributed by atoms with Gasteiger partial charge in [0.15, 0.2) is 5.13 Å². The molecule has 4 nitrogen and oxygen atoms in total. The fourth-order valence-corrected chi connectivity index (χ4v) is 3.32. The minimum Gasteiger partial charge on any atom is -0.375 e. The van der Waals surface area contributed by atoms with Crippen LogP contribution in [-0.4, -0.2) is 15.0 Å². The lowest BCUT2D eigenvalue weighted by Crippen LogP contribution is -1.90. The number of hydrogen-bond acceptors (Lipinski definition) is 6. The summed E-state index contributed by atoms with van der Waals surface area (Å²) in [5, 5.41) is 3.82. The van der Waals surface area contributed by atoms with Gasteiger partial charge < -0.3 is 5.73 Å². The summed E-state index contributed by atoms with van der Waals surface area (Å²) in [5.41, 5.74) is 7.68. The van der Waals surface area contributed by atoms with Crippen LogP contribution in [-0.2, 0) is 12.8 Å². The Morgan fingerprint density at radius 1 is 1.22 bits per heavy atom. The lowest BCUT2D eigenvalue weighted by molar-refractivity contribution is 0.801. The van der Waals surface area contributed by atoms with E-state index in [0.717, 1.165) is 40.3 Å². The number of aryl methyl sites for hydroxylation is 2. The smallest absolute Gasteiger partial charge is 0.180 e. The number of aromatic nitrogens is 3. The molecule has 18 heavy (non-hydrogen) atoms. The first-order valence-electron chi connectivity index (χ1n) is 5.71.